The van der Waals surface area contributed by atoms with E-state index in [2.05, 4.69) is 31.4 Å². The molecule has 1 aliphatic rings. The summed E-state index contributed by atoms with van der Waals surface area (Å²) in [5, 5.41) is 20.9. The highest BCUT2D eigenvalue weighted by atomic mass is 16.5. The monoisotopic (exact) mass is 409 g/mol. The van der Waals surface area contributed by atoms with Gasteiger partial charge in [0, 0.05) is 44.7 Å². The molecule has 1 atom stereocenters. The zero-order valence-corrected chi connectivity index (χ0v) is 17.0. The van der Waals surface area contributed by atoms with E-state index in [1.807, 2.05) is 42.5 Å². The Morgan fingerprint density at radius 1 is 1.17 bits per heavy atom. The fraction of sp³-hybridized carbons (Fsp3) is 0.364. The Hall–Kier alpha value is -3.10. The summed E-state index contributed by atoms with van der Waals surface area (Å²) in [7, 11) is 1.69. The molecule has 8 nitrogen and oxygen atoms in total. The zero-order valence-electron chi connectivity index (χ0n) is 17.0. The van der Waals surface area contributed by atoms with Crippen LogP contribution in [0.2, 0.25) is 0 Å². The second kappa shape index (κ2) is 9.15. The molecule has 30 heavy (non-hydrogen) atoms. The molecule has 1 unspecified atom stereocenters. The number of H-pyrrole nitrogens is 1. The molecule has 3 aromatic rings. The highest BCUT2D eigenvalue weighted by Crippen LogP contribution is 2.28. The smallest absolute Gasteiger partial charge is 0.272 e. The van der Waals surface area contributed by atoms with E-state index in [1.54, 1.807) is 7.11 Å². The van der Waals surface area contributed by atoms with E-state index in [4.69, 9.17) is 4.74 Å². The van der Waals surface area contributed by atoms with Gasteiger partial charge in [0.25, 0.3) is 5.91 Å². The average Bonchev–Trinajstić information content (AvgIpc) is 3.22. The molecule has 0 aliphatic carbocycles. The number of β-amino-alcohol motifs (C(OH)–C–C–N with tert-alkyl or cyclic N) is 1. The van der Waals surface area contributed by atoms with E-state index in [0.29, 0.717) is 12.2 Å². The summed E-state index contributed by atoms with van der Waals surface area (Å²) in [6.07, 6.45) is -0.642. The van der Waals surface area contributed by atoms with E-state index in [0.717, 1.165) is 48.5 Å². The molecule has 2 heterocycles. The number of carbonyl (C=O) groups is 1. The van der Waals surface area contributed by atoms with Crippen LogP contribution in [-0.4, -0.2) is 78.6 Å². The Balaban J connectivity index is 1.25. The van der Waals surface area contributed by atoms with Crippen LogP contribution >= 0.6 is 0 Å². The van der Waals surface area contributed by atoms with Gasteiger partial charge in [-0.2, -0.15) is 5.10 Å². The number of piperazine rings is 1. The molecule has 0 spiro atoms. The molecule has 1 saturated heterocycles. The summed E-state index contributed by atoms with van der Waals surface area (Å²) < 4.78 is 5.46. The number of nitrogens with zero attached hydrogens (tertiary/aromatic N) is 3. The van der Waals surface area contributed by atoms with Gasteiger partial charge in [0.2, 0.25) is 0 Å². The van der Waals surface area contributed by atoms with Gasteiger partial charge in [-0.05, 0) is 18.2 Å². The Labute approximate surface area is 175 Å². The minimum absolute atomic E-state index is 0.187. The van der Waals surface area contributed by atoms with Gasteiger partial charge >= 0.3 is 0 Å². The summed E-state index contributed by atoms with van der Waals surface area (Å²) in [5.41, 5.74) is 2.26. The minimum Gasteiger partial charge on any atom is -0.495 e. The first-order valence-corrected chi connectivity index (χ1v) is 10.2. The van der Waals surface area contributed by atoms with Crippen molar-refractivity contribution in [2.75, 3.05) is 51.3 Å². The van der Waals surface area contributed by atoms with Crippen LogP contribution in [0.15, 0.2) is 48.5 Å². The number of hydrogen-bond donors (Lipinski definition) is 3. The summed E-state index contributed by atoms with van der Waals surface area (Å²) in [5.74, 6) is 0.590. The summed E-state index contributed by atoms with van der Waals surface area (Å²) in [4.78, 5) is 17.0. The van der Waals surface area contributed by atoms with Crippen molar-refractivity contribution in [3.63, 3.8) is 0 Å². The zero-order chi connectivity index (χ0) is 20.9. The molecular formula is C22H27N5O3. The maximum Gasteiger partial charge on any atom is 0.272 e. The maximum absolute atomic E-state index is 12.4. The number of methoxy groups -OCH3 is 1. The molecule has 0 bridgehead atoms. The fourth-order valence-corrected chi connectivity index (χ4v) is 3.86. The molecule has 0 saturated carbocycles. The third-order valence-electron chi connectivity index (χ3n) is 5.45. The first-order chi connectivity index (χ1) is 14.7. The van der Waals surface area contributed by atoms with E-state index in [-0.39, 0.29) is 12.5 Å². The van der Waals surface area contributed by atoms with Gasteiger partial charge in [0.05, 0.1) is 24.4 Å². The number of aromatic amines is 1. The third-order valence-corrected chi connectivity index (χ3v) is 5.45. The normalized spacial score (nSPS) is 15.9. The SMILES string of the molecule is COc1ccccc1N1CCN(CC(O)CNC(=O)c2n[nH]c3ccccc23)CC1. The van der Waals surface area contributed by atoms with Gasteiger partial charge in [-0.3, -0.25) is 14.8 Å². The van der Waals surface area contributed by atoms with E-state index < -0.39 is 6.10 Å². The molecule has 158 valence electrons. The number of benzene rings is 2. The van der Waals surface area contributed by atoms with Gasteiger partial charge in [-0.1, -0.05) is 30.3 Å². The Kier molecular flexibility index (Phi) is 6.15. The average molecular weight is 409 g/mol. The molecule has 1 aromatic heterocycles. The fourth-order valence-electron chi connectivity index (χ4n) is 3.86. The second-order valence-corrected chi connectivity index (χ2v) is 7.44. The number of aliphatic hydroxyl groups excluding tert-OH is 1. The van der Waals surface area contributed by atoms with Crippen molar-refractivity contribution in [2.24, 2.45) is 0 Å². The Morgan fingerprint density at radius 3 is 2.70 bits per heavy atom. The number of para-hydroxylation sites is 3. The number of aromatic nitrogens is 2. The van der Waals surface area contributed by atoms with Gasteiger partial charge in [0.1, 0.15) is 5.75 Å². The standard InChI is InChI=1S/C22H27N5O3/c1-30-20-9-5-4-8-19(20)27-12-10-26(11-13-27)15-16(28)14-23-22(29)21-17-6-2-3-7-18(17)24-25-21/h2-9,16,28H,10-15H2,1H3,(H,23,29)(H,24,25). The maximum atomic E-state index is 12.4. The van der Waals surface area contributed by atoms with Crippen molar-refractivity contribution >= 4 is 22.5 Å². The first kappa shape index (κ1) is 20.2. The molecule has 2 aromatic carbocycles. The molecule has 4 rings (SSSR count). The number of ether oxygens (including phenoxy) is 1. The number of rotatable bonds is 7. The number of fused-ring (bicyclic) bond motifs is 1. The van der Waals surface area contributed by atoms with Gasteiger partial charge in [0.15, 0.2) is 5.69 Å². The number of carbonyl (C=O) groups excluding carboxylic acids is 1. The lowest BCUT2D eigenvalue weighted by Crippen LogP contribution is -2.50. The predicted molar refractivity (Wildman–Crippen MR) is 116 cm³/mol. The van der Waals surface area contributed by atoms with Crippen molar-refractivity contribution < 1.29 is 14.6 Å². The summed E-state index contributed by atoms with van der Waals surface area (Å²) in [6.45, 7) is 4.10. The molecule has 3 N–H and O–H groups in total. The van der Waals surface area contributed by atoms with E-state index >= 15 is 0 Å². The van der Waals surface area contributed by atoms with Gasteiger partial charge < -0.3 is 20.1 Å². The Morgan fingerprint density at radius 2 is 1.90 bits per heavy atom. The minimum atomic E-state index is -0.642. The highest BCUT2D eigenvalue weighted by Gasteiger charge is 2.22. The largest absolute Gasteiger partial charge is 0.495 e. The van der Waals surface area contributed by atoms with Crippen LogP contribution < -0.4 is 15.0 Å². The number of nitrogens with one attached hydrogen (secondary N) is 2. The molecular weight excluding hydrogens is 382 g/mol. The lowest BCUT2D eigenvalue weighted by Gasteiger charge is -2.37. The molecule has 1 amide bonds. The van der Waals surface area contributed by atoms with E-state index in [1.165, 1.54) is 0 Å². The van der Waals surface area contributed by atoms with Crippen LogP contribution in [0, 0.1) is 0 Å². The number of anilines is 1. The third kappa shape index (κ3) is 4.39. The first-order valence-electron chi connectivity index (χ1n) is 10.2. The molecule has 0 radical (unpaired) electrons. The molecule has 1 fully saturated rings. The lowest BCUT2D eigenvalue weighted by atomic mass is 10.2. The van der Waals surface area contributed by atoms with Gasteiger partial charge in [-0.15, -0.1) is 0 Å². The van der Waals surface area contributed by atoms with Crippen LogP contribution in [0.5, 0.6) is 5.75 Å². The van der Waals surface area contributed by atoms with E-state index in [9.17, 15) is 9.90 Å². The van der Waals surface area contributed by atoms with Crippen molar-refractivity contribution in [3.8, 4) is 5.75 Å². The van der Waals surface area contributed by atoms with Crippen LogP contribution in [-0.2, 0) is 0 Å². The van der Waals surface area contributed by atoms with Crippen molar-refractivity contribution in [3.05, 3.63) is 54.2 Å². The Bertz CT molecular complexity index is 997. The van der Waals surface area contributed by atoms with Crippen LogP contribution in [0.4, 0.5) is 5.69 Å². The lowest BCUT2D eigenvalue weighted by molar-refractivity contribution is 0.0849. The van der Waals surface area contributed by atoms with Crippen molar-refractivity contribution in [1.82, 2.24) is 20.4 Å². The number of aliphatic hydroxyl groups is 1. The highest BCUT2D eigenvalue weighted by molar-refractivity contribution is 6.04. The number of amides is 1. The summed E-state index contributed by atoms with van der Waals surface area (Å²) in [6, 6.07) is 15.5. The van der Waals surface area contributed by atoms with Crippen molar-refractivity contribution in [2.45, 2.75) is 6.10 Å². The summed E-state index contributed by atoms with van der Waals surface area (Å²) >= 11 is 0. The van der Waals surface area contributed by atoms with Gasteiger partial charge in [-0.25, -0.2) is 0 Å². The predicted octanol–water partition coefficient (Wildman–Crippen LogP) is 1.48. The quantitative estimate of drug-likeness (QED) is 0.547. The molecule has 8 heteroatoms. The van der Waals surface area contributed by atoms with Crippen LogP contribution in [0.1, 0.15) is 10.5 Å². The van der Waals surface area contributed by atoms with Crippen LogP contribution in [0.25, 0.3) is 10.9 Å². The van der Waals surface area contributed by atoms with Crippen LogP contribution in [0.3, 0.4) is 0 Å². The topological polar surface area (TPSA) is 93.7 Å². The second-order valence-electron chi connectivity index (χ2n) is 7.44. The van der Waals surface area contributed by atoms with Crippen molar-refractivity contribution in [1.29, 1.82) is 0 Å². The molecule has 1 aliphatic heterocycles. The number of hydrogen-bond acceptors (Lipinski definition) is 6.